The van der Waals surface area contributed by atoms with Crippen molar-refractivity contribution < 1.29 is 0 Å². The van der Waals surface area contributed by atoms with Crippen LogP contribution in [0.5, 0.6) is 0 Å². The zero-order chi connectivity index (χ0) is 12.7. The van der Waals surface area contributed by atoms with Crippen LogP contribution in [0.4, 0.5) is 5.82 Å². The average molecular weight is 238 g/mol. The second-order valence-corrected chi connectivity index (χ2v) is 4.77. The van der Waals surface area contributed by atoms with Crippen molar-refractivity contribution in [2.24, 2.45) is 5.92 Å². The smallest absolute Gasteiger partial charge is 0.169 e. The normalized spacial score (nSPS) is 12.9. The van der Waals surface area contributed by atoms with Gasteiger partial charge in [-0.15, -0.1) is 5.10 Å². The molecule has 1 unspecified atom stereocenters. The third kappa shape index (κ3) is 4.02. The Labute approximate surface area is 105 Å². The maximum absolute atomic E-state index is 5.85. The molecule has 4 nitrogen and oxygen atoms in total. The number of nitrogens with zero attached hydrogens (tertiary/aromatic N) is 3. The Bertz CT molecular complexity index is 319. The van der Waals surface area contributed by atoms with E-state index in [-0.39, 0.29) is 0 Å². The first-order chi connectivity index (χ1) is 8.22. The van der Waals surface area contributed by atoms with E-state index in [1.165, 1.54) is 25.7 Å². The summed E-state index contributed by atoms with van der Waals surface area (Å²) in [6.45, 7) is 7.62. The molecule has 0 bridgehead atoms. The van der Waals surface area contributed by atoms with E-state index in [1.54, 1.807) is 0 Å². The Hall–Kier alpha value is -1.06. The third-order valence-corrected chi connectivity index (χ3v) is 3.33. The number of rotatable bonds is 8. The summed E-state index contributed by atoms with van der Waals surface area (Å²) >= 11 is 0. The molecule has 0 amide bonds. The van der Waals surface area contributed by atoms with E-state index < -0.39 is 0 Å². The fraction of sp³-hybridized carbons (Fsp3) is 0.846. The lowest BCUT2D eigenvalue weighted by molar-refractivity contribution is 0.361. The average Bonchev–Trinajstić information content (AvgIpc) is 2.67. The van der Waals surface area contributed by atoms with Gasteiger partial charge in [-0.1, -0.05) is 51.7 Å². The highest BCUT2D eigenvalue weighted by atomic mass is 15.4. The predicted octanol–water partition coefficient (Wildman–Crippen LogP) is 3.03. The molecule has 1 heterocycles. The third-order valence-electron chi connectivity index (χ3n) is 3.33. The van der Waals surface area contributed by atoms with Crippen LogP contribution in [0.2, 0.25) is 0 Å². The summed E-state index contributed by atoms with van der Waals surface area (Å²) < 4.78 is 2.02. The first-order valence-corrected chi connectivity index (χ1v) is 6.90. The summed E-state index contributed by atoms with van der Waals surface area (Å²) in [7, 11) is 0. The van der Waals surface area contributed by atoms with Gasteiger partial charge in [0.2, 0.25) is 0 Å². The lowest BCUT2D eigenvalue weighted by atomic mass is 9.99. The number of hydrogen-bond donors (Lipinski definition) is 1. The number of anilines is 1. The zero-order valence-corrected chi connectivity index (χ0v) is 11.4. The van der Waals surface area contributed by atoms with Gasteiger partial charge in [-0.3, -0.25) is 0 Å². The second-order valence-electron chi connectivity index (χ2n) is 4.77. The molecule has 0 aliphatic heterocycles. The lowest BCUT2D eigenvalue weighted by Crippen LogP contribution is -2.14. The fourth-order valence-corrected chi connectivity index (χ4v) is 2.15. The molecule has 0 saturated carbocycles. The van der Waals surface area contributed by atoms with E-state index in [0.29, 0.717) is 11.7 Å². The first kappa shape index (κ1) is 14.0. The Kier molecular flexibility index (Phi) is 6.01. The predicted molar refractivity (Wildman–Crippen MR) is 71.7 cm³/mol. The van der Waals surface area contributed by atoms with Gasteiger partial charge in [0, 0.05) is 6.54 Å². The molecule has 17 heavy (non-hydrogen) atoms. The zero-order valence-electron chi connectivity index (χ0n) is 11.4. The fourth-order valence-electron chi connectivity index (χ4n) is 2.15. The van der Waals surface area contributed by atoms with E-state index >= 15 is 0 Å². The molecule has 1 aromatic rings. The number of nitrogen functional groups attached to an aromatic ring is 1. The van der Waals surface area contributed by atoms with Crippen LogP contribution in [0.3, 0.4) is 0 Å². The van der Waals surface area contributed by atoms with Crippen molar-refractivity contribution in [3.05, 3.63) is 5.69 Å². The number of hydrogen-bond acceptors (Lipinski definition) is 3. The van der Waals surface area contributed by atoms with Crippen LogP contribution in [0.1, 0.15) is 58.6 Å². The van der Waals surface area contributed by atoms with Gasteiger partial charge in [-0.2, -0.15) is 0 Å². The summed E-state index contributed by atoms with van der Waals surface area (Å²) in [5.74, 6) is 1.31. The van der Waals surface area contributed by atoms with Crippen LogP contribution in [0.25, 0.3) is 0 Å². The summed E-state index contributed by atoms with van der Waals surface area (Å²) in [5, 5.41) is 8.17. The highest BCUT2D eigenvalue weighted by Gasteiger charge is 2.13. The van der Waals surface area contributed by atoms with Crippen molar-refractivity contribution >= 4 is 5.82 Å². The van der Waals surface area contributed by atoms with Gasteiger partial charge >= 0.3 is 0 Å². The quantitative estimate of drug-likeness (QED) is 0.757. The highest BCUT2D eigenvalue weighted by Crippen LogP contribution is 2.18. The Morgan fingerprint density at radius 2 is 2.00 bits per heavy atom. The van der Waals surface area contributed by atoms with Crippen LogP contribution in [0, 0.1) is 5.92 Å². The Balaban J connectivity index is 2.64. The van der Waals surface area contributed by atoms with Gasteiger partial charge in [-0.25, -0.2) is 4.68 Å². The standard InChI is InChI=1S/C13H26N4/c1-4-7-9-11(6-3)10-17-12(8-5-2)13(14)15-16-17/h11H,4-10,14H2,1-3H3. The maximum Gasteiger partial charge on any atom is 0.169 e. The minimum atomic E-state index is 0.609. The molecule has 98 valence electrons. The van der Waals surface area contributed by atoms with E-state index in [1.807, 2.05) is 4.68 Å². The second kappa shape index (κ2) is 7.30. The Morgan fingerprint density at radius 3 is 2.59 bits per heavy atom. The van der Waals surface area contributed by atoms with Crippen LogP contribution < -0.4 is 5.73 Å². The lowest BCUT2D eigenvalue weighted by Gasteiger charge is -2.15. The molecule has 0 spiro atoms. The van der Waals surface area contributed by atoms with Crippen LogP contribution in [-0.2, 0) is 13.0 Å². The van der Waals surface area contributed by atoms with Gasteiger partial charge in [0.25, 0.3) is 0 Å². The van der Waals surface area contributed by atoms with Crippen LogP contribution >= 0.6 is 0 Å². The molecule has 4 heteroatoms. The minimum absolute atomic E-state index is 0.609. The van der Waals surface area contributed by atoms with Crippen molar-refractivity contribution in [1.82, 2.24) is 15.0 Å². The molecule has 0 fully saturated rings. The molecule has 0 saturated heterocycles. The number of aromatic nitrogens is 3. The van der Waals surface area contributed by atoms with Gasteiger partial charge < -0.3 is 5.73 Å². The monoisotopic (exact) mass is 238 g/mol. The van der Waals surface area contributed by atoms with E-state index in [4.69, 9.17) is 5.73 Å². The summed E-state index contributed by atoms with van der Waals surface area (Å²) in [4.78, 5) is 0. The van der Waals surface area contributed by atoms with E-state index in [9.17, 15) is 0 Å². The number of nitrogens with two attached hydrogens (primary N) is 1. The van der Waals surface area contributed by atoms with Crippen molar-refractivity contribution in [2.45, 2.75) is 65.8 Å². The molecule has 2 N–H and O–H groups in total. The van der Waals surface area contributed by atoms with Gasteiger partial charge in [0.05, 0.1) is 5.69 Å². The molecular formula is C13H26N4. The van der Waals surface area contributed by atoms with E-state index in [2.05, 4.69) is 31.1 Å². The van der Waals surface area contributed by atoms with Crippen molar-refractivity contribution in [3.8, 4) is 0 Å². The molecule has 1 aromatic heterocycles. The SMILES string of the molecule is CCCCC(CC)Cn1nnc(N)c1CCC. The van der Waals surface area contributed by atoms with E-state index in [0.717, 1.165) is 25.1 Å². The summed E-state index contributed by atoms with van der Waals surface area (Å²) in [6, 6.07) is 0. The van der Waals surface area contributed by atoms with Crippen molar-refractivity contribution in [1.29, 1.82) is 0 Å². The van der Waals surface area contributed by atoms with Crippen molar-refractivity contribution in [2.75, 3.05) is 5.73 Å². The van der Waals surface area contributed by atoms with Crippen LogP contribution in [-0.4, -0.2) is 15.0 Å². The topological polar surface area (TPSA) is 56.7 Å². The van der Waals surface area contributed by atoms with Gasteiger partial charge in [-0.05, 0) is 18.8 Å². The molecule has 0 aliphatic carbocycles. The summed E-state index contributed by atoms with van der Waals surface area (Å²) in [6.07, 6.45) is 7.10. The highest BCUT2D eigenvalue weighted by molar-refractivity contribution is 5.32. The van der Waals surface area contributed by atoms with Gasteiger partial charge in [0.15, 0.2) is 5.82 Å². The first-order valence-electron chi connectivity index (χ1n) is 6.90. The van der Waals surface area contributed by atoms with Gasteiger partial charge in [0.1, 0.15) is 0 Å². The molecule has 1 rings (SSSR count). The minimum Gasteiger partial charge on any atom is -0.381 e. The Morgan fingerprint density at radius 1 is 1.24 bits per heavy atom. The molecule has 0 radical (unpaired) electrons. The molecule has 1 atom stereocenters. The van der Waals surface area contributed by atoms with Crippen LogP contribution in [0.15, 0.2) is 0 Å². The number of unbranched alkanes of at least 4 members (excludes halogenated alkanes) is 1. The molecular weight excluding hydrogens is 212 g/mol. The largest absolute Gasteiger partial charge is 0.381 e. The maximum atomic E-state index is 5.85. The summed E-state index contributed by atoms with van der Waals surface area (Å²) in [5.41, 5.74) is 6.96. The molecule has 0 aromatic carbocycles. The molecule has 0 aliphatic rings. The van der Waals surface area contributed by atoms with Crippen molar-refractivity contribution in [3.63, 3.8) is 0 Å².